The van der Waals surface area contributed by atoms with E-state index in [-0.39, 0.29) is 5.91 Å². The predicted octanol–water partition coefficient (Wildman–Crippen LogP) is 1.38. The molecule has 0 aliphatic carbocycles. The Balaban J connectivity index is 1.41. The van der Waals surface area contributed by atoms with Crippen LogP contribution in [0, 0.1) is 5.92 Å². The van der Waals surface area contributed by atoms with E-state index in [9.17, 15) is 4.79 Å². The zero-order valence-electron chi connectivity index (χ0n) is 12.4. The normalized spacial score (nSPS) is 18.3. The Hall–Kier alpha value is -2.15. The van der Waals surface area contributed by atoms with Crippen molar-refractivity contribution in [2.45, 2.75) is 25.7 Å². The van der Waals surface area contributed by atoms with Gasteiger partial charge in [-0.25, -0.2) is 0 Å². The van der Waals surface area contributed by atoms with Crippen LogP contribution in [0.4, 0.5) is 0 Å². The van der Waals surface area contributed by atoms with Gasteiger partial charge in [-0.15, -0.1) is 0 Å². The molecule has 2 aromatic rings. The first-order chi connectivity index (χ1) is 10.8. The van der Waals surface area contributed by atoms with Gasteiger partial charge in [0.1, 0.15) is 0 Å². The summed E-state index contributed by atoms with van der Waals surface area (Å²) in [5.41, 5.74) is 0. The number of hydrogen-bond acceptors (Lipinski definition) is 6. The Kier molecular flexibility index (Phi) is 4.85. The van der Waals surface area contributed by atoms with Crippen LogP contribution < -0.4 is 10.6 Å². The van der Waals surface area contributed by atoms with Crippen molar-refractivity contribution < 1.29 is 13.7 Å². The van der Waals surface area contributed by atoms with Gasteiger partial charge >= 0.3 is 0 Å². The maximum absolute atomic E-state index is 11.9. The molecule has 118 valence electrons. The lowest BCUT2D eigenvalue weighted by atomic mass is 10.00. The molecule has 1 atom stereocenters. The minimum Gasteiger partial charge on any atom is -0.461 e. The molecule has 3 rings (SSSR count). The van der Waals surface area contributed by atoms with E-state index in [0.717, 1.165) is 19.6 Å². The molecule has 1 aliphatic heterocycles. The SMILES string of the molecule is O=C(CCc1nc(-c2ccco2)no1)NCC1CCCNC1. The Labute approximate surface area is 128 Å². The summed E-state index contributed by atoms with van der Waals surface area (Å²) in [5, 5.41) is 10.1. The second kappa shape index (κ2) is 7.22. The lowest BCUT2D eigenvalue weighted by molar-refractivity contribution is -0.121. The number of aromatic nitrogens is 2. The molecule has 0 spiro atoms. The van der Waals surface area contributed by atoms with Gasteiger partial charge in [-0.05, 0) is 44.0 Å². The molecule has 3 heterocycles. The van der Waals surface area contributed by atoms with E-state index < -0.39 is 0 Å². The summed E-state index contributed by atoms with van der Waals surface area (Å²) in [7, 11) is 0. The molecule has 2 aromatic heterocycles. The third kappa shape index (κ3) is 3.94. The molecule has 1 saturated heterocycles. The molecule has 22 heavy (non-hydrogen) atoms. The van der Waals surface area contributed by atoms with Crippen LogP contribution in [0.3, 0.4) is 0 Å². The van der Waals surface area contributed by atoms with E-state index in [1.54, 1.807) is 18.4 Å². The van der Waals surface area contributed by atoms with Crippen LogP contribution in [-0.2, 0) is 11.2 Å². The Bertz CT molecular complexity index is 588. The maximum Gasteiger partial charge on any atom is 0.238 e. The number of furan rings is 1. The summed E-state index contributed by atoms with van der Waals surface area (Å²) in [6, 6.07) is 3.53. The minimum absolute atomic E-state index is 0.0170. The van der Waals surface area contributed by atoms with E-state index in [0.29, 0.717) is 36.2 Å². The molecule has 1 unspecified atom stereocenters. The number of amides is 1. The van der Waals surface area contributed by atoms with Crippen molar-refractivity contribution in [3.05, 3.63) is 24.3 Å². The second-order valence-electron chi connectivity index (χ2n) is 5.51. The molecule has 0 saturated carbocycles. The second-order valence-corrected chi connectivity index (χ2v) is 5.51. The zero-order valence-corrected chi connectivity index (χ0v) is 12.4. The minimum atomic E-state index is 0.0170. The smallest absolute Gasteiger partial charge is 0.238 e. The Morgan fingerprint density at radius 3 is 3.23 bits per heavy atom. The zero-order chi connectivity index (χ0) is 15.2. The first-order valence-electron chi connectivity index (χ1n) is 7.65. The number of carbonyl (C=O) groups is 1. The van der Waals surface area contributed by atoms with Gasteiger partial charge in [0, 0.05) is 19.4 Å². The fourth-order valence-electron chi connectivity index (χ4n) is 2.53. The fourth-order valence-corrected chi connectivity index (χ4v) is 2.53. The fraction of sp³-hybridized carbons (Fsp3) is 0.533. The van der Waals surface area contributed by atoms with E-state index in [2.05, 4.69) is 20.8 Å². The number of nitrogens with zero attached hydrogens (tertiary/aromatic N) is 2. The number of rotatable bonds is 6. The molecule has 0 bridgehead atoms. The van der Waals surface area contributed by atoms with Crippen LogP contribution >= 0.6 is 0 Å². The van der Waals surface area contributed by atoms with Gasteiger partial charge in [0.25, 0.3) is 0 Å². The molecule has 1 aliphatic rings. The summed E-state index contributed by atoms with van der Waals surface area (Å²) < 4.78 is 10.3. The van der Waals surface area contributed by atoms with Crippen molar-refractivity contribution in [1.82, 2.24) is 20.8 Å². The number of carbonyl (C=O) groups excluding carboxylic acids is 1. The molecule has 1 fully saturated rings. The maximum atomic E-state index is 11.9. The summed E-state index contributed by atoms with van der Waals surface area (Å²) in [4.78, 5) is 16.1. The highest BCUT2D eigenvalue weighted by molar-refractivity contribution is 5.76. The van der Waals surface area contributed by atoms with Crippen LogP contribution in [0.2, 0.25) is 0 Å². The largest absolute Gasteiger partial charge is 0.461 e. The van der Waals surface area contributed by atoms with E-state index in [4.69, 9.17) is 8.94 Å². The lowest BCUT2D eigenvalue weighted by Gasteiger charge is -2.22. The van der Waals surface area contributed by atoms with Crippen molar-refractivity contribution in [3.8, 4) is 11.6 Å². The van der Waals surface area contributed by atoms with E-state index in [1.807, 2.05) is 0 Å². The highest BCUT2D eigenvalue weighted by Crippen LogP contribution is 2.16. The molecular formula is C15H20N4O3. The quantitative estimate of drug-likeness (QED) is 0.837. The van der Waals surface area contributed by atoms with Crippen LogP contribution in [0.15, 0.2) is 27.3 Å². The summed E-state index contributed by atoms with van der Waals surface area (Å²) in [5.74, 6) is 1.97. The summed E-state index contributed by atoms with van der Waals surface area (Å²) >= 11 is 0. The third-order valence-electron chi connectivity index (χ3n) is 3.76. The van der Waals surface area contributed by atoms with Crippen molar-refractivity contribution in [2.24, 2.45) is 5.92 Å². The Morgan fingerprint density at radius 2 is 2.45 bits per heavy atom. The first kappa shape index (κ1) is 14.8. The lowest BCUT2D eigenvalue weighted by Crippen LogP contribution is -2.38. The Morgan fingerprint density at radius 1 is 1.50 bits per heavy atom. The van der Waals surface area contributed by atoms with Gasteiger partial charge < -0.3 is 19.6 Å². The van der Waals surface area contributed by atoms with Gasteiger partial charge in [-0.3, -0.25) is 4.79 Å². The predicted molar refractivity (Wildman–Crippen MR) is 78.9 cm³/mol. The highest BCUT2D eigenvalue weighted by atomic mass is 16.5. The van der Waals surface area contributed by atoms with Crippen molar-refractivity contribution in [1.29, 1.82) is 0 Å². The van der Waals surface area contributed by atoms with Crippen LogP contribution in [0.1, 0.15) is 25.2 Å². The molecule has 2 N–H and O–H groups in total. The van der Waals surface area contributed by atoms with E-state index >= 15 is 0 Å². The van der Waals surface area contributed by atoms with E-state index in [1.165, 1.54) is 12.8 Å². The standard InChI is InChI=1S/C15H20N4O3/c20-13(17-10-11-3-1-7-16-9-11)5-6-14-18-15(19-22-14)12-4-2-8-21-12/h2,4,8,11,16H,1,3,5-7,9-10H2,(H,17,20). The monoisotopic (exact) mass is 304 g/mol. The molecular weight excluding hydrogens is 284 g/mol. The summed E-state index contributed by atoms with van der Waals surface area (Å²) in [6.07, 6.45) is 4.68. The van der Waals surface area contributed by atoms with Crippen molar-refractivity contribution in [2.75, 3.05) is 19.6 Å². The average Bonchev–Trinajstić information content (AvgIpc) is 3.22. The van der Waals surface area contributed by atoms with Crippen LogP contribution in [0.25, 0.3) is 11.6 Å². The summed E-state index contributed by atoms with van der Waals surface area (Å²) in [6.45, 7) is 2.80. The number of aryl methyl sites for hydroxylation is 1. The average molecular weight is 304 g/mol. The van der Waals surface area contributed by atoms with Gasteiger partial charge in [0.05, 0.1) is 6.26 Å². The molecule has 0 radical (unpaired) electrons. The topological polar surface area (TPSA) is 93.2 Å². The first-order valence-corrected chi connectivity index (χ1v) is 7.65. The van der Waals surface area contributed by atoms with Crippen LogP contribution in [0.5, 0.6) is 0 Å². The number of hydrogen-bond donors (Lipinski definition) is 2. The van der Waals surface area contributed by atoms with Gasteiger partial charge in [-0.1, -0.05) is 5.16 Å². The number of piperidine rings is 1. The highest BCUT2D eigenvalue weighted by Gasteiger charge is 2.15. The van der Waals surface area contributed by atoms with Gasteiger partial charge in [0.2, 0.25) is 17.6 Å². The molecule has 7 nitrogen and oxygen atoms in total. The number of nitrogens with one attached hydrogen (secondary N) is 2. The van der Waals surface area contributed by atoms with Crippen LogP contribution in [-0.4, -0.2) is 35.7 Å². The van der Waals surface area contributed by atoms with Crippen molar-refractivity contribution >= 4 is 5.91 Å². The van der Waals surface area contributed by atoms with Gasteiger partial charge in [0.15, 0.2) is 5.76 Å². The van der Waals surface area contributed by atoms with Crippen molar-refractivity contribution in [3.63, 3.8) is 0 Å². The molecule has 0 aromatic carbocycles. The third-order valence-corrected chi connectivity index (χ3v) is 3.76. The molecule has 1 amide bonds. The van der Waals surface area contributed by atoms with Gasteiger partial charge in [-0.2, -0.15) is 4.98 Å². The molecule has 7 heteroatoms.